The third kappa shape index (κ3) is 4.88. The Labute approximate surface area is 105 Å². The topological polar surface area (TPSA) is 21.3 Å². The highest BCUT2D eigenvalue weighted by Crippen LogP contribution is 2.18. The summed E-state index contributed by atoms with van der Waals surface area (Å²) in [5.41, 5.74) is 2.79. The van der Waals surface area contributed by atoms with Gasteiger partial charge in [-0.25, -0.2) is 0 Å². The van der Waals surface area contributed by atoms with Crippen molar-refractivity contribution in [3.05, 3.63) is 35.4 Å². The Bertz CT molecular complexity index is 294. The highest BCUT2D eigenvalue weighted by atomic mass is 16.5. The molecule has 1 aromatic carbocycles. The Balaban J connectivity index is 2.65. The summed E-state index contributed by atoms with van der Waals surface area (Å²) < 4.78 is 5.16. The second-order valence-corrected chi connectivity index (χ2v) is 4.38. The first kappa shape index (κ1) is 14.2. The molecule has 0 heterocycles. The van der Waals surface area contributed by atoms with Crippen molar-refractivity contribution in [3.8, 4) is 0 Å². The highest BCUT2D eigenvalue weighted by molar-refractivity contribution is 5.25. The van der Waals surface area contributed by atoms with E-state index in [4.69, 9.17) is 4.74 Å². The van der Waals surface area contributed by atoms with Gasteiger partial charge >= 0.3 is 0 Å². The molecule has 2 heteroatoms. The van der Waals surface area contributed by atoms with E-state index < -0.39 is 0 Å². The van der Waals surface area contributed by atoms with Gasteiger partial charge in [0.2, 0.25) is 0 Å². The predicted molar refractivity (Wildman–Crippen MR) is 73.3 cm³/mol. The first-order chi connectivity index (χ1) is 8.31. The maximum atomic E-state index is 5.16. The van der Waals surface area contributed by atoms with Gasteiger partial charge in [-0.1, -0.05) is 44.5 Å². The van der Waals surface area contributed by atoms with E-state index in [-0.39, 0.29) is 0 Å². The summed E-state index contributed by atoms with van der Waals surface area (Å²) in [5, 5.41) is 3.51. The molecule has 0 amide bonds. The van der Waals surface area contributed by atoms with Gasteiger partial charge in [-0.3, -0.25) is 0 Å². The number of nitrogens with one attached hydrogen (secondary N) is 1. The minimum absolute atomic E-state index is 0.413. The zero-order chi connectivity index (χ0) is 12.5. The van der Waals surface area contributed by atoms with Crippen LogP contribution in [0.25, 0.3) is 0 Å². The minimum atomic E-state index is 0.413. The van der Waals surface area contributed by atoms with Crippen molar-refractivity contribution in [1.82, 2.24) is 5.32 Å². The Morgan fingerprint density at radius 1 is 1.18 bits per heavy atom. The average molecular weight is 235 g/mol. The van der Waals surface area contributed by atoms with Crippen molar-refractivity contribution < 1.29 is 4.74 Å². The maximum absolute atomic E-state index is 5.16. The summed E-state index contributed by atoms with van der Waals surface area (Å²) in [6.07, 6.45) is 3.40. The molecule has 0 fully saturated rings. The van der Waals surface area contributed by atoms with E-state index in [0.29, 0.717) is 6.04 Å². The van der Waals surface area contributed by atoms with Crippen molar-refractivity contribution in [2.45, 2.75) is 39.2 Å². The molecule has 17 heavy (non-hydrogen) atoms. The van der Waals surface area contributed by atoms with Crippen molar-refractivity contribution in [3.63, 3.8) is 0 Å². The number of methoxy groups -OCH3 is 1. The fourth-order valence-corrected chi connectivity index (χ4v) is 2.07. The Kier molecular flexibility index (Phi) is 6.90. The molecule has 0 spiro atoms. The van der Waals surface area contributed by atoms with Gasteiger partial charge in [-0.15, -0.1) is 0 Å². The fourth-order valence-electron chi connectivity index (χ4n) is 2.07. The first-order valence-corrected chi connectivity index (χ1v) is 6.63. The van der Waals surface area contributed by atoms with Crippen LogP contribution >= 0.6 is 0 Å². The Morgan fingerprint density at radius 2 is 1.88 bits per heavy atom. The summed E-state index contributed by atoms with van der Waals surface area (Å²) in [6.45, 7) is 6.15. The molecule has 0 bridgehead atoms. The lowest BCUT2D eigenvalue weighted by molar-refractivity contribution is 0.183. The summed E-state index contributed by atoms with van der Waals surface area (Å²) in [5.74, 6) is 0. The van der Waals surface area contributed by atoms with Crippen LogP contribution in [-0.4, -0.2) is 20.3 Å². The quantitative estimate of drug-likeness (QED) is 0.746. The summed E-state index contributed by atoms with van der Waals surface area (Å²) >= 11 is 0. The molecule has 1 unspecified atom stereocenters. The largest absolute Gasteiger partial charge is 0.385 e. The average Bonchev–Trinajstić information content (AvgIpc) is 2.36. The number of rotatable bonds is 8. The first-order valence-electron chi connectivity index (χ1n) is 6.63. The number of hydrogen-bond acceptors (Lipinski definition) is 2. The van der Waals surface area contributed by atoms with Crippen LogP contribution in [0, 0.1) is 0 Å². The standard InChI is InChI=1S/C15H25NO/c1-4-6-13-7-9-14(10-8-13)15(16-5-2)11-12-17-3/h7-10,15-16H,4-6,11-12H2,1-3H3. The predicted octanol–water partition coefficient (Wildman–Crippen LogP) is 3.33. The van der Waals surface area contributed by atoms with Crippen molar-refractivity contribution in [2.75, 3.05) is 20.3 Å². The molecule has 0 aliphatic rings. The monoisotopic (exact) mass is 235 g/mol. The summed E-state index contributed by atoms with van der Waals surface area (Å²) in [6, 6.07) is 9.39. The maximum Gasteiger partial charge on any atom is 0.0480 e. The van der Waals surface area contributed by atoms with Gasteiger partial charge in [0.15, 0.2) is 0 Å². The Morgan fingerprint density at radius 3 is 2.41 bits per heavy atom. The molecule has 0 saturated heterocycles. The van der Waals surface area contributed by atoms with E-state index in [2.05, 4.69) is 43.4 Å². The lowest BCUT2D eigenvalue weighted by Crippen LogP contribution is -2.22. The number of aryl methyl sites for hydroxylation is 1. The SMILES string of the molecule is CCCc1ccc(C(CCOC)NCC)cc1. The van der Waals surface area contributed by atoms with Gasteiger partial charge in [0.25, 0.3) is 0 Å². The number of benzene rings is 1. The smallest absolute Gasteiger partial charge is 0.0480 e. The van der Waals surface area contributed by atoms with Crippen LogP contribution in [0.2, 0.25) is 0 Å². The molecular weight excluding hydrogens is 210 g/mol. The zero-order valence-corrected chi connectivity index (χ0v) is 11.3. The molecule has 0 aliphatic carbocycles. The molecule has 1 atom stereocenters. The Hall–Kier alpha value is -0.860. The lowest BCUT2D eigenvalue weighted by Gasteiger charge is -2.18. The second-order valence-electron chi connectivity index (χ2n) is 4.38. The third-order valence-electron chi connectivity index (χ3n) is 2.98. The van der Waals surface area contributed by atoms with Crippen LogP contribution in [0.15, 0.2) is 24.3 Å². The molecule has 1 N–H and O–H groups in total. The van der Waals surface area contributed by atoms with Gasteiger partial charge < -0.3 is 10.1 Å². The molecule has 0 radical (unpaired) electrons. The van der Waals surface area contributed by atoms with E-state index >= 15 is 0 Å². The van der Waals surface area contributed by atoms with Gasteiger partial charge in [0.1, 0.15) is 0 Å². The molecule has 1 rings (SSSR count). The van der Waals surface area contributed by atoms with Gasteiger partial charge in [0, 0.05) is 19.8 Å². The molecule has 96 valence electrons. The normalized spacial score (nSPS) is 12.6. The summed E-state index contributed by atoms with van der Waals surface area (Å²) in [7, 11) is 1.76. The van der Waals surface area contributed by atoms with E-state index in [0.717, 1.165) is 19.6 Å². The van der Waals surface area contributed by atoms with Crippen molar-refractivity contribution in [1.29, 1.82) is 0 Å². The highest BCUT2D eigenvalue weighted by Gasteiger charge is 2.09. The van der Waals surface area contributed by atoms with Crippen LogP contribution in [-0.2, 0) is 11.2 Å². The van der Waals surface area contributed by atoms with Crippen molar-refractivity contribution >= 4 is 0 Å². The number of ether oxygens (including phenoxy) is 1. The lowest BCUT2D eigenvalue weighted by atomic mass is 10.0. The van der Waals surface area contributed by atoms with Crippen LogP contribution in [0.4, 0.5) is 0 Å². The zero-order valence-electron chi connectivity index (χ0n) is 11.3. The molecular formula is C15H25NO. The van der Waals surface area contributed by atoms with Gasteiger partial charge in [0.05, 0.1) is 0 Å². The molecule has 0 aliphatic heterocycles. The van der Waals surface area contributed by atoms with Gasteiger partial charge in [-0.05, 0) is 30.5 Å². The van der Waals surface area contributed by atoms with Crippen LogP contribution in [0.5, 0.6) is 0 Å². The van der Waals surface area contributed by atoms with Crippen LogP contribution < -0.4 is 5.32 Å². The molecule has 0 saturated carbocycles. The van der Waals surface area contributed by atoms with E-state index in [1.54, 1.807) is 7.11 Å². The molecule has 0 aromatic heterocycles. The van der Waals surface area contributed by atoms with Crippen LogP contribution in [0.3, 0.4) is 0 Å². The van der Waals surface area contributed by atoms with E-state index in [1.807, 2.05) is 0 Å². The van der Waals surface area contributed by atoms with E-state index in [9.17, 15) is 0 Å². The fraction of sp³-hybridized carbons (Fsp3) is 0.600. The second kappa shape index (κ2) is 8.26. The third-order valence-corrected chi connectivity index (χ3v) is 2.98. The van der Waals surface area contributed by atoms with E-state index in [1.165, 1.54) is 24.0 Å². The van der Waals surface area contributed by atoms with Crippen molar-refractivity contribution in [2.24, 2.45) is 0 Å². The number of hydrogen-bond donors (Lipinski definition) is 1. The minimum Gasteiger partial charge on any atom is -0.385 e. The van der Waals surface area contributed by atoms with Crippen LogP contribution in [0.1, 0.15) is 43.9 Å². The van der Waals surface area contributed by atoms with Gasteiger partial charge in [-0.2, -0.15) is 0 Å². The molecule has 1 aromatic rings. The summed E-state index contributed by atoms with van der Waals surface area (Å²) in [4.78, 5) is 0. The molecule has 2 nitrogen and oxygen atoms in total.